The van der Waals surface area contributed by atoms with Gasteiger partial charge in [-0.3, -0.25) is 0 Å². The topological polar surface area (TPSA) is 232 Å². The molecule has 0 aliphatic rings. The Labute approximate surface area is 284 Å². The molecule has 2 rings (SSSR count). The lowest BCUT2D eigenvalue weighted by atomic mass is 10.1. The van der Waals surface area contributed by atoms with Crippen molar-refractivity contribution >= 4 is 45.9 Å². The van der Waals surface area contributed by atoms with Gasteiger partial charge in [0.05, 0.1) is 35.8 Å². The van der Waals surface area contributed by atoms with E-state index >= 15 is 0 Å². The second kappa shape index (κ2) is 18.3. The first-order valence-electron chi connectivity index (χ1n) is 14.1. The minimum absolute atomic E-state index is 0.00671. The molecular weight excluding hydrogens is 672 g/mol. The van der Waals surface area contributed by atoms with Crippen molar-refractivity contribution in [3.8, 4) is 0 Å². The molecule has 20 heteroatoms. The molecule has 0 aliphatic heterocycles. The predicted molar refractivity (Wildman–Crippen MR) is 172 cm³/mol. The van der Waals surface area contributed by atoms with Crippen molar-refractivity contribution < 1.29 is 47.2 Å². The molecule has 0 spiro atoms. The van der Waals surface area contributed by atoms with Crippen LogP contribution in [0.25, 0.3) is 0 Å². The van der Waals surface area contributed by atoms with Crippen molar-refractivity contribution in [2.24, 2.45) is 9.98 Å². The molecule has 0 aromatic carbocycles. The molecule has 262 valence electrons. The number of hydrogen-bond donors (Lipinski definition) is 2. The van der Waals surface area contributed by atoms with Gasteiger partial charge in [0.1, 0.15) is 13.2 Å². The summed E-state index contributed by atoms with van der Waals surface area (Å²) in [6, 6.07) is 0. The molecule has 2 amide bonds. The van der Waals surface area contributed by atoms with Crippen molar-refractivity contribution in [1.29, 1.82) is 0 Å². The van der Waals surface area contributed by atoms with E-state index in [9.17, 15) is 19.2 Å². The van der Waals surface area contributed by atoms with Gasteiger partial charge in [0, 0.05) is 0 Å². The minimum atomic E-state index is -1.82. The Morgan fingerprint density at radius 2 is 1.15 bits per heavy atom. The highest BCUT2D eigenvalue weighted by Gasteiger charge is 2.46. The number of carbonyl (C=O) groups is 2. The highest BCUT2D eigenvalue weighted by molar-refractivity contribution is 8.76. The van der Waals surface area contributed by atoms with Crippen LogP contribution in [0, 0.1) is 0 Å². The molecule has 48 heavy (non-hydrogen) atoms. The smallest absolute Gasteiger partial charge is 0.407 e. The minimum Gasteiger partial charge on any atom is -0.445 e. The van der Waals surface area contributed by atoms with Gasteiger partial charge in [-0.1, -0.05) is 57.2 Å². The first-order chi connectivity index (χ1) is 22.6. The summed E-state index contributed by atoms with van der Waals surface area (Å²) >= 11 is 0. The Kier molecular flexibility index (Phi) is 15.2. The lowest BCUT2D eigenvalue weighted by Crippen LogP contribution is -2.40. The molecule has 0 bridgehead atoms. The van der Waals surface area contributed by atoms with E-state index in [-0.39, 0.29) is 61.2 Å². The van der Waals surface area contributed by atoms with Crippen LogP contribution in [0.1, 0.15) is 65.0 Å². The van der Waals surface area contributed by atoms with Gasteiger partial charge >= 0.3 is 12.2 Å². The number of aromatic nitrogens is 4. The molecule has 2 heterocycles. The quantitative estimate of drug-likeness (QED) is 0.0690. The molecule has 0 saturated heterocycles. The van der Waals surface area contributed by atoms with Gasteiger partial charge in [0.15, 0.2) is 11.6 Å². The monoisotopic (exact) mass is 710 g/mol. The molecule has 2 N–H and O–H groups in total. The number of nitrogens with one attached hydrogen (secondary N) is 2. The maximum Gasteiger partial charge on any atom is 0.407 e. The Morgan fingerprint density at radius 1 is 0.771 bits per heavy atom. The summed E-state index contributed by atoms with van der Waals surface area (Å²) in [5, 5.41) is 12.6. The summed E-state index contributed by atoms with van der Waals surface area (Å²) in [5.41, 5.74) is -5.39. The standard InChI is InChI=1S/C28H38N8O10S2/c1-9-11-41-23(39)29-13-19-33-21(43-35-19)27(31-17-37,45-25(3,4)5)15-47-48-16-28(32-18-38,46-26(6,7)8)22-34-20(36-44-22)14-30-24(40)42-12-10-2/h9-10H,1-2,11-16H2,3-8H3,(H,29,39)(H,30,40)/t27-,28-/m0/s1. The molecule has 0 radical (unpaired) electrons. The number of isocyanates is 2. The van der Waals surface area contributed by atoms with E-state index in [1.165, 1.54) is 24.3 Å². The Hall–Kier alpha value is -4.32. The van der Waals surface area contributed by atoms with E-state index in [4.69, 9.17) is 28.0 Å². The number of carbonyl (C=O) groups excluding carboxylic acids is 4. The van der Waals surface area contributed by atoms with Crippen LogP contribution in [0.2, 0.25) is 0 Å². The third-order valence-corrected chi connectivity index (χ3v) is 7.44. The van der Waals surface area contributed by atoms with Crippen molar-refractivity contribution in [3.63, 3.8) is 0 Å². The van der Waals surface area contributed by atoms with E-state index in [1.54, 1.807) is 41.5 Å². The summed E-state index contributed by atoms with van der Waals surface area (Å²) in [5.74, 6) is -0.460. The Bertz CT molecular complexity index is 1380. The lowest BCUT2D eigenvalue weighted by Gasteiger charge is -2.33. The summed E-state index contributed by atoms with van der Waals surface area (Å²) in [6.07, 6.45) is 4.37. The second-order valence-corrected chi connectivity index (χ2v) is 13.9. The van der Waals surface area contributed by atoms with Crippen LogP contribution >= 0.6 is 21.6 Å². The summed E-state index contributed by atoms with van der Waals surface area (Å²) in [4.78, 5) is 63.3. The first-order valence-corrected chi connectivity index (χ1v) is 16.6. The highest BCUT2D eigenvalue weighted by atomic mass is 33.1. The maximum atomic E-state index is 11.8. The molecule has 0 saturated carbocycles. The van der Waals surface area contributed by atoms with Crippen molar-refractivity contribution in [2.45, 2.75) is 77.3 Å². The SMILES string of the molecule is C=CCOC(=O)NCc1noc([C@@](CSSC[C@](N=C=O)(OC(C)(C)C)c2nc(CNC(=O)OCC=C)no2)(N=C=O)OC(C)(C)C)n1. The number of aliphatic imine (C=N–C) groups is 2. The summed E-state index contributed by atoms with van der Waals surface area (Å²) in [7, 11) is 2.25. The molecule has 2 aromatic rings. The molecule has 2 atom stereocenters. The van der Waals surface area contributed by atoms with Gasteiger partial charge < -0.3 is 38.6 Å². The molecule has 18 nitrogen and oxygen atoms in total. The van der Waals surface area contributed by atoms with Crippen LogP contribution in [0.4, 0.5) is 9.59 Å². The molecule has 0 fully saturated rings. The van der Waals surface area contributed by atoms with Gasteiger partial charge in [-0.2, -0.15) is 20.0 Å². The van der Waals surface area contributed by atoms with E-state index in [0.29, 0.717) is 0 Å². The third-order valence-electron chi connectivity index (χ3n) is 5.05. The Morgan fingerprint density at radius 3 is 1.46 bits per heavy atom. The van der Waals surface area contributed by atoms with E-state index in [2.05, 4.69) is 54.1 Å². The lowest BCUT2D eigenvalue weighted by molar-refractivity contribution is -0.134. The van der Waals surface area contributed by atoms with Crippen molar-refractivity contribution in [3.05, 3.63) is 48.7 Å². The Balaban J connectivity index is 2.32. The zero-order chi connectivity index (χ0) is 35.8. The fourth-order valence-electron chi connectivity index (χ4n) is 3.52. The van der Waals surface area contributed by atoms with Gasteiger partial charge in [0.2, 0.25) is 12.2 Å². The number of amides is 2. The maximum absolute atomic E-state index is 11.8. The van der Waals surface area contributed by atoms with Crippen molar-refractivity contribution in [1.82, 2.24) is 30.9 Å². The molecular formula is C28H38N8O10S2. The largest absolute Gasteiger partial charge is 0.445 e. The average molecular weight is 711 g/mol. The van der Waals surface area contributed by atoms with Crippen LogP contribution < -0.4 is 10.6 Å². The number of ether oxygens (including phenoxy) is 4. The van der Waals surface area contributed by atoms with Crippen LogP contribution in [-0.4, -0.2) is 80.5 Å². The van der Waals surface area contributed by atoms with Crippen LogP contribution in [0.15, 0.2) is 44.3 Å². The first kappa shape index (κ1) is 39.9. The predicted octanol–water partition coefficient (Wildman–Crippen LogP) is 3.97. The third kappa shape index (κ3) is 13.1. The zero-order valence-corrected chi connectivity index (χ0v) is 29.0. The van der Waals surface area contributed by atoms with Crippen molar-refractivity contribution in [2.75, 3.05) is 24.7 Å². The fraction of sp³-hybridized carbons (Fsp3) is 0.571. The van der Waals surface area contributed by atoms with Crippen LogP contribution in [0.3, 0.4) is 0 Å². The average Bonchev–Trinajstić information content (AvgIpc) is 3.68. The van der Waals surface area contributed by atoms with Crippen LogP contribution in [0.5, 0.6) is 0 Å². The number of nitrogens with zero attached hydrogens (tertiary/aromatic N) is 6. The number of hydrogen-bond acceptors (Lipinski definition) is 18. The number of alkyl carbamates (subject to hydrolysis) is 2. The van der Waals surface area contributed by atoms with Gasteiger partial charge in [-0.15, -0.1) is 0 Å². The van der Waals surface area contributed by atoms with E-state index in [0.717, 1.165) is 21.6 Å². The zero-order valence-electron chi connectivity index (χ0n) is 27.4. The van der Waals surface area contributed by atoms with E-state index < -0.39 is 34.8 Å². The van der Waals surface area contributed by atoms with Crippen LogP contribution in [-0.2, 0) is 53.1 Å². The van der Waals surface area contributed by atoms with Gasteiger partial charge in [-0.05, 0) is 41.5 Å². The summed E-state index contributed by atoms with van der Waals surface area (Å²) in [6.45, 7) is 17.0. The second-order valence-electron chi connectivity index (χ2n) is 11.4. The van der Waals surface area contributed by atoms with E-state index in [1.807, 2.05) is 0 Å². The normalized spacial score (nSPS) is 13.9. The molecule has 0 aliphatic carbocycles. The van der Waals surface area contributed by atoms with Gasteiger partial charge in [-0.25, -0.2) is 19.2 Å². The molecule has 2 aromatic heterocycles. The number of rotatable bonds is 19. The summed E-state index contributed by atoms with van der Waals surface area (Å²) < 4.78 is 32.9. The molecule has 0 unspecified atom stereocenters. The fourth-order valence-corrected chi connectivity index (χ4v) is 5.96. The highest BCUT2D eigenvalue weighted by Crippen LogP contribution is 2.42. The van der Waals surface area contributed by atoms with Gasteiger partial charge in [0.25, 0.3) is 23.2 Å².